The third-order valence-electron chi connectivity index (χ3n) is 2.90. The lowest BCUT2D eigenvalue weighted by atomic mass is 10.1. The number of para-hydroxylation sites is 1. The summed E-state index contributed by atoms with van der Waals surface area (Å²) in [4.78, 5) is 14.3. The summed E-state index contributed by atoms with van der Waals surface area (Å²) in [6.07, 6.45) is 3.30. The number of fused-ring (bicyclic) bond motifs is 1. The van der Waals surface area contributed by atoms with Gasteiger partial charge in [0.1, 0.15) is 11.3 Å². The van der Waals surface area contributed by atoms with E-state index in [0.29, 0.717) is 5.69 Å². The number of carbonyl (C=O) groups is 1. The fourth-order valence-electron chi connectivity index (χ4n) is 2.11. The smallest absolute Gasteiger partial charge is 0.339 e. The van der Waals surface area contributed by atoms with E-state index in [-0.39, 0.29) is 5.56 Å². The number of nitrogens with one attached hydrogen (secondary N) is 1. The van der Waals surface area contributed by atoms with Crippen LogP contribution < -0.4 is 0 Å². The van der Waals surface area contributed by atoms with Gasteiger partial charge in [0.15, 0.2) is 0 Å². The third-order valence-corrected chi connectivity index (χ3v) is 2.90. The van der Waals surface area contributed by atoms with Gasteiger partial charge in [-0.25, -0.2) is 4.79 Å². The number of aromatic amines is 1. The molecule has 3 aromatic rings. The van der Waals surface area contributed by atoms with Crippen molar-refractivity contribution in [3.63, 3.8) is 0 Å². The van der Waals surface area contributed by atoms with Gasteiger partial charge >= 0.3 is 5.97 Å². The van der Waals surface area contributed by atoms with E-state index >= 15 is 0 Å². The molecule has 3 rings (SSSR count). The van der Waals surface area contributed by atoms with E-state index in [0.717, 1.165) is 16.5 Å². The van der Waals surface area contributed by atoms with Crippen molar-refractivity contribution in [1.29, 1.82) is 0 Å². The Labute approximate surface area is 103 Å². The highest BCUT2D eigenvalue weighted by Crippen LogP contribution is 2.29. The van der Waals surface area contributed by atoms with Crippen LogP contribution >= 0.6 is 0 Å². The molecule has 0 unspecified atom stereocenters. The minimum Gasteiger partial charge on any atom is -0.478 e. The number of aryl methyl sites for hydroxylation is 1. The summed E-state index contributed by atoms with van der Waals surface area (Å²) in [6, 6.07) is 7.74. The molecular weight excluding hydrogens is 230 g/mol. The summed E-state index contributed by atoms with van der Waals surface area (Å²) >= 11 is 0. The van der Waals surface area contributed by atoms with Crippen molar-refractivity contribution in [2.24, 2.45) is 7.05 Å². The predicted octanol–water partition coefficient (Wildman–Crippen LogP) is 2.27. The van der Waals surface area contributed by atoms with Gasteiger partial charge in [-0.3, -0.25) is 4.68 Å². The lowest BCUT2D eigenvalue weighted by Gasteiger charge is -1.96. The van der Waals surface area contributed by atoms with Crippen molar-refractivity contribution in [1.82, 2.24) is 14.8 Å². The Morgan fingerprint density at radius 1 is 1.39 bits per heavy atom. The van der Waals surface area contributed by atoms with E-state index < -0.39 is 5.97 Å². The first-order valence-electron chi connectivity index (χ1n) is 5.50. The first kappa shape index (κ1) is 10.6. The summed E-state index contributed by atoms with van der Waals surface area (Å²) in [5, 5.41) is 14.4. The number of hydrogen-bond donors (Lipinski definition) is 2. The number of benzene rings is 1. The Hall–Kier alpha value is -2.56. The van der Waals surface area contributed by atoms with Crippen LogP contribution in [0.25, 0.3) is 22.2 Å². The van der Waals surface area contributed by atoms with Crippen LogP contribution in [0.5, 0.6) is 0 Å². The van der Waals surface area contributed by atoms with Crippen molar-refractivity contribution in [3.8, 4) is 11.3 Å². The summed E-state index contributed by atoms with van der Waals surface area (Å²) in [5.74, 6) is -0.969. The molecule has 1 aromatic carbocycles. The number of rotatable bonds is 2. The summed E-state index contributed by atoms with van der Waals surface area (Å²) < 4.78 is 1.51. The molecule has 0 aliphatic rings. The largest absolute Gasteiger partial charge is 0.478 e. The molecule has 0 aliphatic carbocycles. The molecule has 0 spiro atoms. The second-order valence-corrected chi connectivity index (χ2v) is 4.12. The summed E-state index contributed by atoms with van der Waals surface area (Å²) in [6.45, 7) is 0. The number of nitrogens with zero attached hydrogens (tertiary/aromatic N) is 2. The number of H-pyrrole nitrogens is 1. The Kier molecular flexibility index (Phi) is 2.19. The fraction of sp³-hybridized carbons (Fsp3) is 0.0769. The van der Waals surface area contributed by atoms with Gasteiger partial charge in [0.05, 0.1) is 0 Å². The van der Waals surface area contributed by atoms with Crippen molar-refractivity contribution in [3.05, 3.63) is 42.2 Å². The van der Waals surface area contributed by atoms with Crippen LogP contribution in [-0.4, -0.2) is 25.8 Å². The maximum Gasteiger partial charge on any atom is 0.339 e. The molecule has 0 fully saturated rings. The zero-order valence-electron chi connectivity index (χ0n) is 9.71. The minimum atomic E-state index is -0.969. The van der Waals surface area contributed by atoms with Gasteiger partial charge in [0.25, 0.3) is 0 Å². The molecule has 90 valence electrons. The van der Waals surface area contributed by atoms with Gasteiger partial charge in [0.2, 0.25) is 0 Å². The van der Waals surface area contributed by atoms with E-state index in [1.807, 2.05) is 24.3 Å². The molecular formula is C13H11N3O2. The molecule has 2 heterocycles. The van der Waals surface area contributed by atoms with E-state index in [1.165, 1.54) is 10.9 Å². The zero-order chi connectivity index (χ0) is 12.7. The highest BCUT2D eigenvalue weighted by molar-refractivity contribution is 6.01. The van der Waals surface area contributed by atoms with Crippen LogP contribution in [0.3, 0.4) is 0 Å². The van der Waals surface area contributed by atoms with Crippen LogP contribution in [0.1, 0.15) is 10.4 Å². The maximum absolute atomic E-state index is 11.2. The van der Waals surface area contributed by atoms with Crippen molar-refractivity contribution in [2.45, 2.75) is 0 Å². The van der Waals surface area contributed by atoms with E-state index in [4.69, 9.17) is 0 Å². The number of hydrogen-bond acceptors (Lipinski definition) is 2. The molecule has 0 saturated heterocycles. The molecule has 0 aliphatic heterocycles. The van der Waals surface area contributed by atoms with Crippen LogP contribution in [0, 0.1) is 0 Å². The third kappa shape index (κ3) is 1.48. The average Bonchev–Trinajstić information content (AvgIpc) is 2.92. The molecule has 0 atom stereocenters. The number of aromatic nitrogens is 3. The highest BCUT2D eigenvalue weighted by atomic mass is 16.4. The molecule has 0 saturated carbocycles. The number of carboxylic acid groups (broad SMARTS) is 1. The summed E-state index contributed by atoms with van der Waals surface area (Å²) in [5.41, 5.74) is 2.47. The van der Waals surface area contributed by atoms with Gasteiger partial charge in [-0.1, -0.05) is 18.2 Å². The van der Waals surface area contributed by atoms with Gasteiger partial charge in [-0.05, 0) is 6.07 Å². The first-order valence-corrected chi connectivity index (χ1v) is 5.50. The zero-order valence-corrected chi connectivity index (χ0v) is 9.71. The highest BCUT2D eigenvalue weighted by Gasteiger charge is 2.18. The van der Waals surface area contributed by atoms with Crippen LogP contribution in [0.4, 0.5) is 0 Å². The Morgan fingerprint density at radius 2 is 2.17 bits per heavy atom. The normalized spacial score (nSPS) is 10.9. The Bertz CT molecular complexity index is 740. The standard InChI is InChI=1S/C13H11N3O2/c1-16-7-10(13(17)18)12(15-16)9-6-14-11-5-3-2-4-8(9)11/h2-7,14H,1H3,(H,17,18). The molecule has 0 radical (unpaired) electrons. The van der Waals surface area contributed by atoms with E-state index in [1.54, 1.807) is 13.2 Å². The van der Waals surface area contributed by atoms with Crippen LogP contribution in [0.2, 0.25) is 0 Å². The SMILES string of the molecule is Cn1cc(C(=O)O)c(-c2c[nH]c3ccccc23)n1. The Morgan fingerprint density at radius 3 is 2.94 bits per heavy atom. The second-order valence-electron chi connectivity index (χ2n) is 4.12. The lowest BCUT2D eigenvalue weighted by Crippen LogP contribution is -1.96. The summed E-state index contributed by atoms with van der Waals surface area (Å²) in [7, 11) is 1.71. The molecule has 5 heteroatoms. The lowest BCUT2D eigenvalue weighted by molar-refractivity contribution is 0.0697. The second kappa shape index (κ2) is 3.73. The number of aromatic carboxylic acids is 1. The minimum absolute atomic E-state index is 0.210. The van der Waals surface area contributed by atoms with E-state index in [9.17, 15) is 9.90 Å². The average molecular weight is 241 g/mol. The monoisotopic (exact) mass is 241 g/mol. The first-order chi connectivity index (χ1) is 8.66. The van der Waals surface area contributed by atoms with Crippen molar-refractivity contribution >= 4 is 16.9 Å². The molecule has 0 bridgehead atoms. The van der Waals surface area contributed by atoms with Gasteiger partial charge in [0, 0.05) is 35.9 Å². The van der Waals surface area contributed by atoms with Gasteiger partial charge in [-0.15, -0.1) is 0 Å². The van der Waals surface area contributed by atoms with Crippen molar-refractivity contribution in [2.75, 3.05) is 0 Å². The van der Waals surface area contributed by atoms with E-state index in [2.05, 4.69) is 10.1 Å². The molecule has 5 nitrogen and oxygen atoms in total. The van der Waals surface area contributed by atoms with Crippen LogP contribution in [0.15, 0.2) is 36.7 Å². The van der Waals surface area contributed by atoms with Crippen LogP contribution in [-0.2, 0) is 7.05 Å². The molecule has 0 amide bonds. The molecule has 2 aromatic heterocycles. The molecule has 2 N–H and O–H groups in total. The fourth-order valence-corrected chi connectivity index (χ4v) is 2.11. The number of carboxylic acids is 1. The topological polar surface area (TPSA) is 70.9 Å². The molecule has 18 heavy (non-hydrogen) atoms. The maximum atomic E-state index is 11.2. The quantitative estimate of drug-likeness (QED) is 0.723. The van der Waals surface area contributed by atoms with Gasteiger partial charge in [-0.2, -0.15) is 5.10 Å². The van der Waals surface area contributed by atoms with Gasteiger partial charge < -0.3 is 10.1 Å². The van der Waals surface area contributed by atoms with Crippen molar-refractivity contribution < 1.29 is 9.90 Å². The predicted molar refractivity (Wildman–Crippen MR) is 67.5 cm³/mol. The Balaban J connectivity index is 2.29.